The smallest absolute Gasteiger partial charge is 0.311 e. The second-order valence-corrected chi connectivity index (χ2v) is 29.6. The molecular formula is C75H118N26O18. The van der Waals surface area contributed by atoms with Crippen molar-refractivity contribution in [1.82, 2.24) is 84.4 Å². The molecule has 0 aliphatic heterocycles. The zero-order valence-electron chi connectivity index (χ0n) is 67.7. The number of phenolic OH excluding ortho intramolecular Hbond substituents is 2. The van der Waals surface area contributed by atoms with E-state index in [9.17, 15) is 82.1 Å². The summed E-state index contributed by atoms with van der Waals surface area (Å²) < 4.78 is 5.03. The molecule has 44 nitrogen and oxygen atoms in total. The number of aromatic amines is 1. The second-order valence-electron chi connectivity index (χ2n) is 29.6. The van der Waals surface area contributed by atoms with Crippen LogP contribution in [0, 0.1) is 45.8 Å². The standard InChI is InChI=1S/C75H118N26O18/c1-8-37(5)57(99-68(114)50(31-40-18-22-43(103)23-19-40)97-65(111)51(32-41-34-86-35-90-41)95-61(107)44(76)13-10-26-87-73(80)81)70(116)98-52(33-54(78)105)66(112)96-49(29-36(3)4)67(113)100-58(38(6)9-2)71(117)101-59-55(56(59)72(118)119-7)69(115)93-46(15-12-28-89-75(84)85)62(108)92-47(24-25-53(77)104)64(110)91-45(14-11-27-88-74(82)83)63(109)94-48(60(79)106)30-39-16-20-42(102)21-17-39/h16-23,34-38,44-52,55-59,102-103H,8-15,24-33,76H2,1-7H3,(H2,77,104)(H2,78,105)(H2,79,106)(H,86,90)(H,91,110)(H,92,108)(H,93,115)(H,94,109)(H,95,107)(H,96,112)(H,97,111)(H,98,116)(H,99,114)(H,100,113)(H,101,117)(H4,80,81,87)(H4,82,83,88)(H4,84,85,89)/t37-,38-,44-,45-,46-,47-,48-,49-,50-,51-,52-,55+,56+,57-,58-,59+/m0/s1. The molecule has 14 amide bonds. The molecule has 0 spiro atoms. The van der Waals surface area contributed by atoms with Crippen LogP contribution in [0.5, 0.6) is 11.5 Å². The Morgan fingerprint density at radius 3 is 1.33 bits per heavy atom. The third-order valence-electron chi connectivity index (χ3n) is 19.6. The number of esters is 1. The van der Waals surface area contributed by atoms with E-state index < -0.39 is 216 Å². The number of amides is 14. The number of methoxy groups -OCH3 is 1. The van der Waals surface area contributed by atoms with E-state index in [1.165, 1.54) is 61.1 Å². The van der Waals surface area contributed by atoms with E-state index in [1.54, 1.807) is 41.5 Å². The fraction of sp³-hybridized carbons (Fsp3) is 0.560. The summed E-state index contributed by atoms with van der Waals surface area (Å²) in [6.45, 7) is 10.2. The molecule has 0 unspecified atom stereocenters. The minimum Gasteiger partial charge on any atom is -0.508 e. The van der Waals surface area contributed by atoms with E-state index in [2.05, 4.69) is 84.4 Å². The van der Waals surface area contributed by atoms with Crippen LogP contribution in [-0.2, 0) is 95.9 Å². The number of imidazole rings is 1. The maximum absolute atomic E-state index is 14.7. The highest BCUT2D eigenvalue weighted by Gasteiger charge is 2.61. The topological polar surface area (TPSA) is 757 Å². The van der Waals surface area contributed by atoms with Crippen molar-refractivity contribution in [3.8, 4) is 11.5 Å². The predicted molar refractivity (Wildman–Crippen MR) is 431 cm³/mol. The van der Waals surface area contributed by atoms with Crippen molar-refractivity contribution in [3.05, 3.63) is 77.9 Å². The number of rotatable bonds is 53. The molecule has 16 atom stereocenters. The van der Waals surface area contributed by atoms with Crippen molar-refractivity contribution in [2.24, 2.45) is 69.7 Å². The Kier molecular flexibility index (Phi) is 40.7. The number of guanidine groups is 3. The first-order chi connectivity index (χ1) is 56.2. The number of hydrogen-bond acceptors (Lipinski definition) is 23. The minimum atomic E-state index is -1.83. The summed E-state index contributed by atoms with van der Waals surface area (Å²) in [6, 6.07) is -6.64. The van der Waals surface area contributed by atoms with Crippen molar-refractivity contribution < 1.29 is 86.9 Å². The molecule has 1 aromatic heterocycles. The number of nitrogens with one attached hydrogen (secondary N) is 18. The lowest BCUT2D eigenvalue weighted by Gasteiger charge is -2.30. The number of nitrogens with zero attached hydrogens (tertiary/aromatic N) is 1. The van der Waals surface area contributed by atoms with Gasteiger partial charge in [0.05, 0.1) is 49.5 Å². The van der Waals surface area contributed by atoms with Crippen LogP contribution in [0.15, 0.2) is 61.1 Å². The Morgan fingerprint density at radius 2 is 0.874 bits per heavy atom. The third-order valence-corrected chi connectivity index (χ3v) is 19.6. The molecule has 1 saturated carbocycles. The maximum atomic E-state index is 14.7. The van der Waals surface area contributed by atoms with E-state index in [1.807, 2.05) is 0 Å². The van der Waals surface area contributed by atoms with Crippen LogP contribution in [-0.4, -0.2) is 226 Å². The number of carbonyl (C=O) groups excluding carboxylic acids is 15. The van der Waals surface area contributed by atoms with Crippen molar-refractivity contribution in [2.45, 2.75) is 210 Å². The highest BCUT2D eigenvalue weighted by atomic mass is 16.5. The van der Waals surface area contributed by atoms with E-state index >= 15 is 0 Å². The number of aromatic nitrogens is 2. The summed E-state index contributed by atoms with van der Waals surface area (Å²) in [7, 11) is 1.01. The molecule has 44 heteroatoms. The number of phenols is 2. The summed E-state index contributed by atoms with van der Waals surface area (Å²) in [6.07, 6.45) is 0.730. The van der Waals surface area contributed by atoms with Crippen LogP contribution >= 0.6 is 0 Å². The van der Waals surface area contributed by atoms with Gasteiger partial charge < -0.3 is 135 Å². The first-order valence-electron chi connectivity index (χ1n) is 39.0. The highest BCUT2D eigenvalue weighted by Crippen LogP contribution is 2.41. The first-order valence-corrected chi connectivity index (χ1v) is 39.0. The molecule has 34 N–H and O–H groups in total. The van der Waals surface area contributed by atoms with Gasteiger partial charge in [0.25, 0.3) is 0 Å². The summed E-state index contributed by atoms with van der Waals surface area (Å²) >= 11 is 0. The largest absolute Gasteiger partial charge is 0.508 e. The zero-order valence-corrected chi connectivity index (χ0v) is 67.7. The quantitative estimate of drug-likeness (QED) is 0.0108. The molecule has 1 aliphatic carbocycles. The van der Waals surface area contributed by atoms with Gasteiger partial charge in [-0.3, -0.25) is 88.1 Å². The van der Waals surface area contributed by atoms with E-state index in [-0.39, 0.29) is 114 Å². The van der Waals surface area contributed by atoms with Gasteiger partial charge in [-0.1, -0.05) is 78.6 Å². The van der Waals surface area contributed by atoms with Crippen molar-refractivity contribution >= 4 is 107 Å². The summed E-state index contributed by atoms with van der Waals surface area (Å²) in [5, 5.41) is 78.7. The fourth-order valence-electron chi connectivity index (χ4n) is 12.5. The molecule has 3 aromatic rings. The number of ether oxygens (including phenoxy) is 1. The van der Waals surface area contributed by atoms with Crippen LogP contribution < -0.4 is 115 Å². The highest BCUT2D eigenvalue weighted by molar-refractivity contribution is 6.01. The van der Waals surface area contributed by atoms with Crippen molar-refractivity contribution in [1.29, 1.82) is 16.2 Å². The number of nitrogens with two attached hydrogens (primary N) is 7. The number of aromatic hydroxyl groups is 2. The van der Waals surface area contributed by atoms with Crippen molar-refractivity contribution in [2.75, 3.05) is 26.7 Å². The van der Waals surface area contributed by atoms with Crippen molar-refractivity contribution in [3.63, 3.8) is 0 Å². The van der Waals surface area contributed by atoms with Gasteiger partial charge in [-0.25, -0.2) is 4.98 Å². The van der Waals surface area contributed by atoms with Crippen LogP contribution in [0.3, 0.4) is 0 Å². The molecule has 1 aliphatic rings. The first kappa shape index (κ1) is 98.4. The monoisotopic (exact) mass is 1670 g/mol. The van der Waals surface area contributed by atoms with E-state index in [4.69, 9.17) is 61.1 Å². The van der Waals surface area contributed by atoms with Gasteiger partial charge >= 0.3 is 5.97 Å². The number of primary amides is 3. The maximum Gasteiger partial charge on any atom is 0.311 e. The number of hydrogen-bond donors (Lipinski definition) is 27. The van der Waals surface area contributed by atoms with Gasteiger partial charge in [0.2, 0.25) is 82.7 Å². The number of H-pyrrole nitrogens is 1. The number of carbonyl (C=O) groups is 15. The predicted octanol–water partition coefficient (Wildman–Crippen LogP) is -6.52. The lowest BCUT2D eigenvalue weighted by Crippen LogP contribution is -2.62. The van der Waals surface area contributed by atoms with Crippen LogP contribution in [0.1, 0.15) is 135 Å². The fourth-order valence-corrected chi connectivity index (χ4v) is 12.5. The summed E-state index contributed by atoms with van der Waals surface area (Å²) in [5.74, 6) is -20.7. The second kappa shape index (κ2) is 49.2. The minimum absolute atomic E-state index is 0.00398. The van der Waals surface area contributed by atoms with Gasteiger partial charge in [-0.15, -0.1) is 0 Å². The van der Waals surface area contributed by atoms with Crippen LogP contribution in [0.2, 0.25) is 0 Å². The third kappa shape index (κ3) is 34.4. The van der Waals surface area contributed by atoms with Gasteiger partial charge in [0, 0.05) is 51.5 Å². The molecule has 656 valence electrons. The molecular weight excluding hydrogens is 1550 g/mol. The van der Waals surface area contributed by atoms with Gasteiger partial charge in [-0.2, -0.15) is 0 Å². The van der Waals surface area contributed by atoms with Gasteiger partial charge in [0.1, 0.15) is 71.9 Å². The molecule has 0 saturated heterocycles. The molecule has 119 heavy (non-hydrogen) atoms. The molecule has 2 aromatic carbocycles. The Morgan fingerprint density at radius 1 is 0.471 bits per heavy atom. The van der Waals surface area contributed by atoms with E-state index in [0.29, 0.717) is 23.2 Å². The lowest BCUT2D eigenvalue weighted by atomic mass is 9.96. The molecule has 0 bridgehead atoms. The van der Waals surface area contributed by atoms with Gasteiger partial charge in [0.15, 0.2) is 17.9 Å². The number of benzene rings is 2. The SMILES string of the molecule is CC[C@H](C)[C@H](NC(=O)[C@H](CC(C)C)NC(=O)[C@H](CC(N)=O)NC(=O)[C@@H](NC(=O)[C@H](Cc1ccc(O)cc1)NC(=O)[C@H](Cc1c[nH]cn1)NC(=O)[C@@H](N)CCCNC(=N)N)[C@@H](C)CC)C(=O)N[C@@H]1[C@H](C(=O)N[C@@H](CCCNC(=N)N)C(=O)N[C@@H](CCC(N)=O)C(=O)N[C@@H](CCCNC(=N)N)C(=O)N[C@@H](Cc2ccc(O)cc2)C(N)=O)[C@H]1C(=O)OC. The van der Waals surface area contributed by atoms with Crippen LogP contribution in [0.25, 0.3) is 0 Å². The molecule has 0 radical (unpaired) electrons. The zero-order chi connectivity index (χ0) is 88.9. The molecule has 1 fully saturated rings. The lowest BCUT2D eigenvalue weighted by molar-refractivity contribution is -0.144. The summed E-state index contributed by atoms with van der Waals surface area (Å²) in [4.78, 5) is 217. The Hall–Kier alpha value is -12.9. The Bertz CT molecular complexity index is 4000. The Balaban J connectivity index is 1.61. The van der Waals surface area contributed by atoms with Gasteiger partial charge in [-0.05, 0) is 105 Å². The molecule has 1 heterocycles. The Labute approximate surface area is 687 Å². The normalized spacial score (nSPS) is 16.6. The average molecular weight is 1670 g/mol. The molecule has 4 rings (SSSR count). The van der Waals surface area contributed by atoms with E-state index in [0.717, 1.165) is 7.11 Å². The van der Waals surface area contributed by atoms with Crippen LogP contribution in [0.4, 0.5) is 0 Å². The summed E-state index contributed by atoms with van der Waals surface area (Å²) in [5.41, 5.74) is 40.6. The average Bonchev–Trinajstić information content (AvgIpc) is 1.59.